The molecule has 5 nitrogen and oxygen atoms in total. The summed E-state index contributed by atoms with van der Waals surface area (Å²) >= 11 is 0. The van der Waals surface area contributed by atoms with E-state index in [4.69, 9.17) is 5.73 Å². The van der Waals surface area contributed by atoms with Gasteiger partial charge in [-0.15, -0.1) is 6.58 Å². The number of ether oxygens (including phenoxy) is 1. The molecule has 1 aliphatic heterocycles. The van der Waals surface area contributed by atoms with Crippen molar-refractivity contribution >= 4 is 11.9 Å². The van der Waals surface area contributed by atoms with Crippen LogP contribution < -0.4 is 5.73 Å². The fourth-order valence-corrected chi connectivity index (χ4v) is 1.90. The highest BCUT2D eigenvalue weighted by Crippen LogP contribution is 2.19. The fraction of sp³-hybridized carbons (Fsp3) is 0.636. The molecule has 1 rings (SSSR count). The van der Waals surface area contributed by atoms with Crippen molar-refractivity contribution in [2.75, 3.05) is 13.7 Å². The number of carbonyl (C=O) groups is 2. The van der Waals surface area contributed by atoms with Gasteiger partial charge in [0.25, 0.3) is 0 Å². The van der Waals surface area contributed by atoms with Crippen molar-refractivity contribution in [3.05, 3.63) is 12.7 Å². The van der Waals surface area contributed by atoms with Gasteiger partial charge in [-0.2, -0.15) is 0 Å². The average Bonchev–Trinajstić information content (AvgIpc) is 2.76. The second-order valence-corrected chi connectivity index (χ2v) is 3.84. The van der Waals surface area contributed by atoms with Crippen LogP contribution in [0.1, 0.15) is 19.3 Å². The first-order valence-electron chi connectivity index (χ1n) is 5.36. The molecular formula is C11H18N2O3. The number of carbonyl (C=O) groups excluding carboxylic acids is 2. The lowest BCUT2D eigenvalue weighted by Gasteiger charge is -2.25. The van der Waals surface area contributed by atoms with Crippen molar-refractivity contribution in [3.63, 3.8) is 0 Å². The first-order valence-corrected chi connectivity index (χ1v) is 5.36. The van der Waals surface area contributed by atoms with Crippen LogP contribution >= 0.6 is 0 Å². The average molecular weight is 226 g/mol. The molecule has 0 spiro atoms. The Morgan fingerprint density at radius 3 is 2.94 bits per heavy atom. The number of nitrogens with two attached hydrogens (primary N) is 1. The van der Waals surface area contributed by atoms with E-state index < -0.39 is 12.1 Å². The Hall–Kier alpha value is -1.36. The molecular weight excluding hydrogens is 208 g/mol. The third-order valence-corrected chi connectivity index (χ3v) is 2.75. The molecule has 2 N–H and O–H groups in total. The molecule has 1 aliphatic rings. The molecule has 0 saturated carbocycles. The summed E-state index contributed by atoms with van der Waals surface area (Å²) in [6, 6.07) is -1.07. The number of likely N-dealkylation sites (tertiary alicyclic amines) is 1. The minimum absolute atomic E-state index is 0.201. The predicted octanol–water partition coefficient (Wildman–Crippen LogP) is 0.0538. The van der Waals surface area contributed by atoms with Crippen molar-refractivity contribution in [3.8, 4) is 0 Å². The van der Waals surface area contributed by atoms with E-state index in [1.807, 2.05) is 0 Å². The van der Waals surface area contributed by atoms with E-state index in [1.54, 1.807) is 6.08 Å². The molecule has 90 valence electrons. The molecule has 0 aromatic rings. The van der Waals surface area contributed by atoms with Gasteiger partial charge in [0, 0.05) is 6.54 Å². The molecule has 0 aromatic heterocycles. The molecule has 0 radical (unpaired) electrons. The standard InChI is InChI=1S/C11H18N2O3/c1-3-5-8(12)10(14)13-7-4-6-9(13)11(15)16-2/h3,8-9H,1,4-7,12H2,2H3. The van der Waals surface area contributed by atoms with Crippen LogP contribution in [0.5, 0.6) is 0 Å². The van der Waals surface area contributed by atoms with Gasteiger partial charge in [-0.1, -0.05) is 6.08 Å². The number of esters is 1. The first-order chi connectivity index (χ1) is 7.61. The predicted molar refractivity (Wildman–Crippen MR) is 59.5 cm³/mol. The van der Waals surface area contributed by atoms with E-state index in [2.05, 4.69) is 11.3 Å². The molecule has 0 aliphatic carbocycles. The minimum atomic E-state index is -0.609. The third-order valence-electron chi connectivity index (χ3n) is 2.75. The van der Waals surface area contributed by atoms with Crippen molar-refractivity contribution in [1.29, 1.82) is 0 Å². The maximum absolute atomic E-state index is 11.9. The van der Waals surface area contributed by atoms with Crippen LogP contribution in [-0.4, -0.2) is 42.5 Å². The lowest BCUT2D eigenvalue weighted by Crippen LogP contribution is -2.48. The highest BCUT2D eigenvalue weighted by atomic mass is 16.5. The van der Waals surface area contributed by atoms with Gasteiger partial charge < -0.3 is 15.4 Å². The fourth-order valence-electron chi connectivity index (χ4n) is 1.90. The van der Waals surface area contributed by atoms with Gasteiger partial charge in [-0.25, -0.2) is 4.79 Å². The number of amides is 1. The number of methoxy groups -OCH3 is 1. The van der Waals surface area contributed by atoms with E-state index in [9.17, 15) is 9.59 Å². The molecule has 16 heavy (non-hydrogen) atoms. The van der Waals surface area contributed by atoms with Crippen LogP contribution in [0.2, 0.25) is 0 Å². The second kappa shape index (κ2) is 5.65. The lowest BCUT2D eigenvalue weighted by molar-refractivity contribution is -0.151. The highest BCUT2D eigenvalue weighted by Gasteiger charge is 2.36. The highest BCUT2D eigenvalue weighted by molar-refractivity contribution is 5.88. The van der Waals surface area contributed by atoms with Gasteiger partial charge in [0.2, 0.25) is 5.91 Å². The summed E-state index contributed by atoms with van der Waals surface area (Å²) in [6.07, 6.45) is 3.49. The van der Waals surface area contributed by atoms with Crippen LogP contribution in [0.15, 0.2) is 12.7 Å². The Morgan fingerprint density at radius 1 is 1.69 bits per heavy atom. The summed E-state index contributed by atoms with van der Waals surface area (Å²) in [5.74, 6) is -0.565. The number of hydrogen-bond acceptors (Lipinski definition) is 4. The molecule has 1 amide bonds. The Bertz CT molecular complexity index is 291. The summed E-state index contributed by atoms with van der Waals surface area (Å²) in [4.78, 5) is 24.9. The second-order valence-electron chi connectivity index (χ2n) is 3.84. The summed E-state index contributed by atoms with van der Waals surface area (Å²) in [6.45, 7) is 4.11. The van der Waals surface area contributed by atoms with E-state index >= 15 is 0 Å². The third kappa shape index (κ3) is 2.61. The Balaban J connectivity index is 2.67. The van der Waals surface area contributed by atoms with Crippen molar-refractivity contribution < 1.29 is 14.3 Å². The van der Waals surface area contributed by atoms with Crippen LogP contribution in [0.4, 0.5) is 0 Å². The Kier molecular flexibility index (Phi) is 4.49. The monoisotopic (exact) mass is 226 g/mol. The molecule has 0 bridgehead atoms. The van der Waals surface area contributed by atoms with E-state index in [0.717, 1.165) is 6.42 Å². The zero-order chi connectivity index (χ0) is 12.1. The van der Waals surface area contributed by atoms with Gasteiger partial charge in [-0.3, -0.25) is 4.79 Å². The SMILES string of the molecule is C=CCC(N)C(=O)N1CCCC1C(=O)OC. The Morgan fingerprint density at radius 2 is 2.38 bits per heavy atom. The van der Waals surface area contributed by atoms with Gasteiger partial charge in [-0.05, 0) is 19.3 Å². The van der Waals surface area contributed by atoms with Crippen LogP contribution in [0, 0.1) is 0 Å². The number of hydrogen-bond donors (Lipinski definition) is 1. The zero-order valence-corrected chi connectivity index (χ0v) is 9.52. The molecule has 1 heterocycles. The van der Waals surface area contributed by atoms with Gasteiger partial charge >= 0.3 is 5.97 Å². The topological polar surface area (TPSA) is 72.6 Å². The molecule has 1 saturated heterocycles. The maximum Gasteiger partial charge on any atom is 0.328 e. The summed E-state index contributed by atoms with van der Waals surface area (Å²) in [5.41, 5.74) is 5.70. The van der Waals surface area contributed by atoms with Crippen molar-refractivity contribution in [2.24, 2.45) is 5.73 Å². The maximum atomic E-state index is 11.9. The normalized spacial score (nSPS) is 21.6. The van der Waals surface area contributed by atoms with E-state index in [1.165, 1.54) is 12.0 Å². The van der Waals surface area contributed by atoms with Crippen LogP contribution in [0.3, 0.4) is 0 Å². The van der Waals surface area contributed by atoms with Crippen LogP contribution in [0.25, 0.3) is 0 Å². The molecule has 2 unspecified atom stereocenters. The quantitative estimate of drug-likeness (QED) is 0.543. The largest absolute Gasteiger partial charge is 0.467 e. The number of nitrogens with zero attached hydrogens (tertiary/aromatic N) is 1. The van der Waals surface area contributed by atoms with Crippen molar-refractivity contribution in [2.45, 2.75) is 31.3 Å². The first kappa shape index (κ1) is 12.7. The van der Waals surface area contributed by atoms with Gasteiger partial charge in [0.15, 0.2) is 0 Å². The van der Waals surface area contributed by atoms with E-state index in [0.29, 0.717) is 19.4 Å². The minimum Gasteiger partial charge on any atom is -0.467 e. The van der Waals surface area contributed by atoms with E-state index in [-0.39, 0.29) is 11.9 Å². The summed E-state index contributed by atoms with van der Waals surface area (Å²) in [7, 11) is 1.33. The molecule has 0 aromatic carbocycles. The Labute approximate surface area is 95.2 Å². The lowest BCUT2D eigenvalue weighted by atomic mass is 10.1. The molecule has 2 atom stereocenters. The summed E-state index contributed by atoms with van der Waals surface area (Å²) in [5, 5.41) is 0. The van der Waals surface area contributed by atoms with Crippen molar-refractivity contribution in [1.82, 2.24) is 4.90 Å². The van der Waals surface area contributed by atoms with Gasteiger partial charge in [0.05, 0.1) is 13.2 Å². The number of rotatable bonds is 4. The van der Waals surface area contributed by atoms with Gasteiger partial charge in [0.1, 0.15) is 6.04 Å². The smallest absolute Gasteiger partial charge is 0.328 e. The summed E-state index contributed by atoms with van der Waals surface area (Å²) < 4.78 is 4.66. The van der Waals surface area contributed by atoms with Crippen LogP contribution in [-0.2, 0) is 14.3 Å². The molecule has 5 heteroatoms. The molecule has 1 fully saturated rings. The zero-order valence-electron chi connectivity index (χ0n) is 9.52.